The van der Waals surface area contributed by atoms with Gasteiger partial charge in [-0.2, -0.15) is 0 Å². The monoisotopic (exact) mass is 172 g/mol. The van der Waals surface area contributed by atoms with Gasteiger partial charge in [0.15, 0.2) is 0 Å². The van der Waals surface area contributed by atoms with Crippen LogP contribution in [0.25, 0.3) is 0 Å². The van der Waals surface area contributed by atoms with Crippen LogP contribution >= 0.6 is 22.2 Å². The fraction of sp³-hybridized carbons (Fsp3) is 1.00. The SMILES string of the molecule is CNC(C)N[SiH](Cl)Cl. The topological polar surface area (TPSA) is 24.1 Å². The van der Waals surface area contributed by atoms with Crippen molar-refractivity contribution in [3.63, 3.8) is 0 Å². The van der Waals surface area contributed by atoms with Gasteiger partial charge >= 0.3 is 7.58 Å². The van der Waals surface area contributed by atoms with Crippen LogP contribution in [0.15, 0.2) is 0 Å². The van der Waals surface area contributed by atoms with Crippen molar-refractivity contribution in [3.8, 4) is 0 Å². The Bertz CT molecular complexity index is 61.2. The molecule has 0 saturated carbocycles. The first-order valence-electron chi connectivity index (χ1n) is 2.38. The van der Waals surface area contributed by atoms with E-state index in [1.54, 1.807) is 0 Å². The third-order valence-electron chi connectivity index (χ3n) is 0.809. The molecule has 0 fully saturated rings. The van der Waals surface area contributed by atoms with Crippen molar-refractivity contribution in [2.45, 2.75) is 13.1 Å². The van der Waals surface area contributed by atoms with Gasteiger partial charge in [0.2, 0.25) is 0 Å². The zero-order chi connectivity index (χ0) is 6.57. The Morgan fingerprint density at radius 2 is 2.00 bits per heavy atom. The number of halogens is 2. The summed E-state index contributed by atoms with van der Waals surface area (Å²) in [7, 11) is 0.235. The van der Waals surface area contributed by atoms with Gasteiger partial charge in [-0.1, -0.05) is 0 Å². The third-order valence-corrected chi connectivity index (χ3v) is 2.32. The zero-order valence-corrected chi connectivity index (χ0v) is 7.58. The van der Waals surface area contributed by atoms with E-state index in [2.05, 4.69) is 10.3 Å². The van der Waals surface area contributed by atoms with Gasteiger partial charge in [0.05, 0.1) is 0 Å². The van der Waals surface area contributed by atoms with Gasteiger partial charge in [-0.25, -0.2) is 0 Å². The molecule has 0 aliphatic heterocycles. The third kappa shape index (κ3) is 4.87. The summed E-state index contributed by atoms with van der Waals surface area (Å²) in [6.07, 6.45) is 0.224. The van der Waals surface area contributed by atoms with Crippen molar-refractivity contribution >= 4 is 29.7 Å². The maximum absolute atomic E-state index is 5.50. The van der Waals surface area contributed by atoms with Crippen LogP contribution in [0.5, 0.6) is 0 Å². The average molecular weight is 173 g/mol. The van der Waals surface area contributed by atoms with Crippen molar-refractivity contribution in [3.05, 3.63) is 0 Å². The molecule has 2 N–H and O–H groups in total. The Morgan fingerprint density at radius 1 is 1.50 bits per heavy atom. The van der Waals surface area contributed by atoms with Gasteiger partial charge in [0, 0.05) is 6.17 Å². The van der Waals surface area contributed by atoms with E-state index in [1.807, 2.05) is 14.0 Å². The first kappa shape index (κ1) is 8.72. The molecule has 0 bridgehead atoms. The molecule has 0 rings (SSSR count). The molecule has 0 aromatic rings. The molecule has 0 heterocycles. The van der Waals surface area contributed by atoms with E-state index in [0.717, 1.165) is 0 Å². The quantitative estimate of drug-likeness (QED) is 0.365. The van der Waals surface area contributed by atoms with Crippen LogP contribution in [0.2, 0.25) is 0 Å². The summed E-state index contributed by atoms with van der Waals surface area (Å²) in [6.45, 7) is 1.96. The lowest BCUT2D eigenvalue weighted by Crippen LogP contribution is -2.41. The number of hydrogen-bond acceptors (Lipinski definition) is 2. The molecule has 0 aliphatic carbocycles. The molecule has 1 unspecified atom stereocenters. The van der Waals surface area contributed by atoms with Gasteiger partial charge in [0.1, 0.15) is 0 Å². The molecule has 0 radical (unpaired) electrons. The van der Waals surface area contributed by atoms with E-state index in [-0.39, 0.29) is 6.17 Å². The summed E-state index contributed by atoms with van der Waals surface area (Å²) in [4.78, 5) is 2.95. The normalized spacial score (nSPS) is 14.6. The van der Waals surface area contributed by atoms with E-state index in [0.29, 0.717) is 0 Å². The minimum atomic E-state index is -1.61. The Morgan fingerprint density at radius 3 is 2.12 bits per heavy atom. The lowest BCUT2D eigenvalue weighted by Gasteiger charge is -2.11. The van der Waals surface area contributed by atoms with Crippen LogP contribution in [0.3, 0.4) is 0 Å². The van der Waals surface area contributed by atoms with Crippen molar-refractivity contribution in [1.29, 1.82) is 0 Å². The largest absolute Gasteiger partial charge is 0.308 e. The molecular formula is C3H10Cl2N2Si. The Balaban J connectivity index is 3.10. The summed E-state index contributed by atoms with van der Waals surface area (Å²) >= 11 is 11.0. The second kappa shape index (κ2) is 4.58. The van der Waals surface area contributed by atoms with Crippen molar-refractivity contribution in [1.82, 2.24) is 10.3 Å². The van der Waals surface area contributed by atoms with Crippen LogP contribution in [0.1, 0.15) is 6.92 Å². The summed E-state index contributed by atoms with van der Waals surface area (Å²) in [6, 6.07) is 0. The minimum Gasteiger partial charge on any atom is -0.306 e. The Labute approximate surface area is 60.6 Å². The molecule has 5 heteroatoms. The van der Waals surface area contributed by atoms with Gasteiger partial charge in [-0.05, 0) is 14.0 Å². The summed E-state index contributed by atoms with van der Waals surface area (Å²) in [5.41, 5.74) is 0. The second-order valence-electron chi connectivity index (χ2n) is 1.48. The van der Waals surface area contributed by atoms with Crippen molar-refractivity contribution < 1.29 is 0 Å². The average Bonchev–Trinajstić information content (AvgIpc) is 1.65. The van der Waals surface area contributed by atoms with Gasteiger partial charge in [-0.3, -0.25) is 0 Å². The summed E-state index contributed by atoms with van der Waals surface area (Å²) < 4.78 is 0. The first-order valence-corrected chi connectivity index (χ1v) is 6.45. The molecule has 1 atom stereocenters. The van der Waals surface area contributed by atoms with Crippen molar-refractivity contribution in [2.24, 2.45) is 0 Å². The molecule has 0 aromatic heterocycles. The van der Waals surface area contributed by atoms with Gasteiger partial charge in [0.25, 0.3) is 0 Å². The molecule has 2 nitrogen and oxygen atoms in total. The molecule has 0 spiro atoms. The summed E-state index contributed by atoms with van der Waals surface area (Å²) in [5.74, 6) is 0. The highest BCUT2D eigenvalue weighted by molar-refractivity contribution is 7.32. The second-order valence-corrected chi connectivity index (χ2v) is 5.70. The number of rotatable bonds is 3. The summed E-state index contributed by atoms with van der Waals surface area (Å²) in [5, 5.41) is 2.95. The van der Waals surface area contributed by atoms with E-state index in [1.165, 1.54) is 0 Å². The van der Waals surface area contributed by atoms with Gasteiger partial charge in [-0.15, -0.1) is 22.2 Å². The van der Waals surface area contributed by atoms with E-state index in [4.69, 9.17) is 22.2 Å². The van der Waals surface area contributed by atoms with Crippen LogP contribution in [0.4, 0.5) is 0 Å². The minimum absolute atomic E-state index is 0.224. The molecule has 0 aromatic carbocycles. The highest BCUT2D eigenvalue weighted by atomic mass is 35.7. The van der Waals surface area contributed by atoms with Gasteiger partial charge < -0.3 is 10.3 Å². The van der Waals surface area contributed by atoms with E-state index in [9.17, 15) is 0 Å². The predicted octanol–water partition coefficient (Wildman–Crippen LogP) is 0.336. The number of hydrogen-bond donors (Lipinski definition) is 2. The maximum Gasteiger partial charge on any atom is 0.308 e. The molecule has 8 heavy (non-hydrogen) atoms. The fourth-order valence-electron chi connectivity index (χ4n) is 0.272. The fourth-order valence-corrected chi connectivity index (χ4v) is 1.95. The van der Waals surface area contributed by atoms with Crippen molar-refractivity contribution in [2.75, 3.05) is 7.05 Å². The zero-order valence-electron chi connectivity index (χ0n) is 4.91. The number of nitrogens with one attached hydrogen (secondary N) is 2. The molecule has 0 aliphatic rings. The van der Waals surface area contributed by atoms with E-state index >= 15 is 0 Å². The van der Waals surface area contributed by atoms with E-state index < -0.39 is 7.58 Å². The van der Waals surface area contributed by atoms with Crippen LogP contribution in [0, 0.1) is 0 Å². The highest BCUT2D eigenvalue weighted by Crippen LogP contribution is 1.89. The maximum atomic E-state index is 5.50. The van der Waals surface area contributed by atoms with Crippen LogP contribution in [-0.4, -0.2) is 20.8 Å². The van der Waals surface area contributed by atoms with Crippen LogP contribution < -0.4 is 10.3 Å². The molecule has 0 saturated heterocycles. The standard InChI is InChI=1S/C3H10Cl2N2Si/c1-3(6-2)7-8(4)5/h3,6-8H,1-2H3. The Hall–Kier alpha value is 0.717. The Kier molecular flexibility index (Phi) is 4.99. The molecule has 50 valence electrons. The molecule has 0 amide bonds. The lowest BCUT2D eigenvalue weighted by molar-refractivity contribution is 0.590. The lowest BCUT2D eigenvalue weighted by atomic mass is 10.6. The predicted molar refractivity (Wildman–Crippen MR) is 40.5 cm³/mol. The highest BCUT2D eigenvalue weighted by Gasteiger charge is 2.03. The smallest absolute Gasteiger partial charge is 0.306 e. The first-order chi connectivity index (χ1) is 3.66. The molecular weight excluding hydrogens is 163 g/mol. The van der Waals surface area contributed by atoms with Crippen LogP contribution in [-0.2, 0) is 0 Å².